The van der Waals surface area contributed by atoms with Crippen LogP contribution in [0.5, 0.6) is 5.75 Å². The molecule has 2 fully saturated rings. The number of ether oxygens (including phenoxy) is 1. The summed E-state index contributed by atoms with van der Waals surface area (Å²) >= 11 is 6.24. The predicted molar refractivity (Wildman–Crippen MR) is 136 cm³/mol. The van der Waals surface area contributed by atoms with E-state index in [2.05, 4.69) is 4.98 Å². The standard InChI is InChI=1S/C24H32ClN3O5S2/c1-19-5-2-8-23(25)24(19)35(31,32)28-15-3-6-20(28)7-4-18-34(29,30)27-16-11-22(12-17-27)33-21-9-13-26-14-10-21/h2,5,8-10,13-14,20,22H,3-4,6-7,11-12,15-18H2,1H3. The molecule has 0 saturated carbocycles. The maximum absolute atomic E-state index is 13.4. The van der Waals surface area contributed by atoms with Crippen LogP contribution in [-0.4, -0.2) is 68.0 Å². The number of piperidine rings is 1. The summed E-state index contributed by atoms with van der Waals surface area (Å²) in [5.41, 5.74) is 0.613. The molecule has 0 bridgehead atoms. The molecule has 0 radical (unpaired) electrons. The van der Waals surface area contributed by atoms with Gasteiger partial charge in [0, 0.05) is 38.1 Å². The van der Waals surface area contributed by atoms with Gasteiger partial charge in [-0.15, -0.1) is 0 Å². The highest BCUT2D eigenvalue weighted by molar-refractivity contribution is 7.89. The van der Waals surface area contributed by atoms with Gasteiger partial charge in [-0.1, -0.05) is 23.7 Å². The number of aryl methyl sites for hydroxylation is 1. The second-order valence-corrected chi connectivity index (χ2v) is 13.5. The molecule has 2 aliphatic rings. The maximum Gasteiger partial charge on any atom is 0.245 e. The monoisotopic (exact) mass is 541 g/mol. The van der Waals surface area contributed by atoms with Gasteiger partial charge in [0.15, 0.2) is 0 Å². The summed E-state index contributed by atoms with van der Waals surface area (Å²) in [7, 11) is -7.16. The Labute approximate surface area is 213 Å². The first kappa shape index (κ1) is 26.3. The predicted octanol–water partition coefficient (Wildman–Crippen LogP) is 3.85. The van der Waals surface area contributed by atoms with Crippen LogP contribution in [0.2, 0.25) is 5.02 Å². The van der Waals surface area contributed by atoms with Crippen molar-refractivity contribution in [2.24, 2.45) is 0 Å². The third-order valence-corrected chi connectivity index (χ3v) is 11.3. The van der Waals surface area contributed by atoms with Crippen LogP contribution in [0.15, 0.2) is 47.6 Å². The van der Waals surface area contributed by atoms with Gasteiger partial charge in [-0.2, -0.15) is 4.31 Å². The summed E-state index contributed by atoms with van der Waals surface area (Å²) in [5.74, 6) is 0.752. The summed E-state index contributed by atoms with van der Waals surface area (Å²) in [4.78, 5) is 4.12. The van der Waals surface area contributed by atoms with Crippen molar-refractivity contribution in [2.45, 2.75) is 62.5 Å². The zero-order chi connectivity index (χ0) is 25.1. The van der Waals surface area contributed by atoms with Crippen LogP contribution in [0.1, 0.15) is 44.1 Å². The second-order valence-electron chi connectivity index (χ2n) is 9.16. The molecule has 1 aromatic carbocycles. The zero-order valence-corrected chi connectivity index (χ0v) is 22.2. The number of sulfonamides is 2. The van der Waals surface area contributed by atoms with Crippen LogP contribution in [0.25, 0.3) is 0 Å². The molecule has 3 heterocycles. The summed E-state index contributed by atoms with van der Waals surface area (Å²) in [6.45, 7) is 3.01. The lowest BCUT2D eigenvalue weighted by Crippen LogP contribution is -2.43. The van der Waals surface area contributed by atoms with E-state index in [4.69, 9.17) is 16.3 Å². The van der Waals surface area contributed by atoms with Crippen molar-refractivity contribution in [1.82, 2.24) is 13.6 Å². The van der Waals surface area contributed by atoms with Crippen LogP contribution >= 0.6 is 11.6 Å². The number of rotatable bonds is 9. The van der Waals surface area contributed by atoms with E-state index in [0.717, 1.165) is 18.6 Å². The SMILES string of the molecule is Cc1cccc(Cl)c1S(=O)(=O)N1CCCC1CCCS(=O)(=O)N1CCC(Oc2ccncc2)CC1. The highest BCUT2D eigenvalue weighted by Crippen LogP contribution is 2.34. The van der Waals surface area contributed by atoms with Gasteiger partial charge in [0.1, 0.15) is 16.7 Å². The topological polar surface area (TPSA) is 96.9 Å². The third-order valence-electron chi connectivity index (χ3n) is 6.74. The summed E-state index contributed by atoms with van der Waals surface area (Å²) in [6, 6.07) is 8.43. The van der Waals surface area contributed by atoms with Crippen molar-refractivity contribution in [1.29, 1.82) is 0 Å². The van der Waals surface area contributed by atoms with E-state index in [1.807, 2.05) is 0 Å². The van der Waals surface area contributed by atoms with Gasteiger partial charge in [0.25, 0.3) is 0 Å². The molecule has 1 aromatic heterocycles. The van der Waals surface area contributed by atoms with Crippen LogP contribution in [0, 0.1) is 6.92 Å². The number of nitrogens with zero attached hydrogens (tertiary/aromatic N) is 3. The fourth-order valence-electron chi connectivity index (χ4n) is 4.94. The zero-order valence-electron chi connectivity index (χ0n) is 19.8. The molecule has 35 heavy (non-hydrogen) atoms. The number of aromatic nitrogens is 1. The molecule has 4 rings (SSSR count). The van der Waals surface area contributed by atoms with Crippen molar-refractivity contribution >= 4 is 31.6 Å². The summed E-state index contributed by atoms with van der Waals surface area (Å²) in [5, 5.41) is 0.217. The van der Waals surface area contributed by atoms with E-state index in [9.17, 15) is 16.8 Å². The number of benzene rings is 1. The van der Waals surface area contributed by atoms with E-state index in [1.165, 1.54) is 8.61 Å². The molecule has 0 amide bonds. The minimum absolute atomic E-state index is 0.0123. The molecule has 0 N–H and O–H groups in total. The molecule has 2 saturated heterocycles. The number of hydrogen-bond acceptors (Lipinski definition) is 6. The van der Waals surface area contributed by atoms with Crippen molar-refractivity contribution < 1.29 is 21.6 Å². The largest absolute Gasteiger partial charge is 0.490 e. The molecule has 2 aliphatic heterocycles. The molecule has 192 valence electrons. The van der Waals surface area contributed by atoms with Crippen molar-refractivity contribution in [3.8, 4) is 5.75 Å². The Kier molecular flexibility index (Phi) is 8.38. The first-order valence-electron chi connectivity index (χ1n) is 12.0. The van der Waals surface area contributed by atoms with E-state index in [1.54, 1.807) is 49.6 Å². The van der Waals surface area contributed by atoms with Crippen LogP contribution in [0.3, 0.4) is 0 Å². The van der Waals surface area contributed by atoms with Gasteiger partial charge in [-0.05, 0) is 69.2 Å². The van der Waals surface area contributed by atoms with Gasteiger partial charge < -0.3 is 4.74 Å². The Morgan fingerprint density at radius 3 is 2.43 bits per heavy atom. The lowest BCUT2D eigenvalue weighted by atomic mass is 10.1. The molecule has 1 atom stereocenters. The van der Waals surface area contributed by atoms with Gasteiger partial charge >= 0.3 is 0 Å². The average Bonchev–Trinajstić information content (AvgIpc) is 3.29. The molecular weight excluding hydrogens is 510 g/mol. The molecule has 8 nitrogen and oxygen atoms in total. The van der Waals surface area contributed by atoms with Crippen LogP contribution in [0.4, 0.5) is 0 Å². The molecule has 2 aromatic rings. The second kappa shape index (κ2) is 11.1. The Morgan fingerprint density at radius 1 is 1.03 bits per heavy atom. The first-order valence-corrected chi connectivity index (χ1v) is 15.4. The highest BCUT2D eigenvalue weighted by atomic mass is 35.5. The third kappa shape index (κ3) is 6.17. The highest BCUT2D eigenvalue weighted by Gasteiger charge is 2.37. The normalized spacial score (nSPS) is 20.8. The fourth-order valence-corrected chi connectivity index (χ4v) is 9.01. The van der Waals surface area contributed by atoms with Crippen LogP contribution in [-0.2, 0) is 20.0 Å². The fraction of sp³-hybridized carbons (Fsp3) is 0.542. The van der Waals surface area contributed by atoms with Gasteiger partial charge in [-0.25, -0.2) is 21.1 Å². The van der Waals surface area contributed by atoms with E-state index in [0.29, 0.717) is 50.9 Å². The molecule has 0 spiro atoms. The van der Waals surface area contributed by atoms with Gasteiger partial charge in [0.05, 0.1) is 10.8 Å². The summed E-state index contributed by atoms with van der Waals surface area (Å²) in [6.07, 6.45) is 6.97. The number of halogens is 1. The van der Waals surface area contributed by atoms with Crippen LogP contribution < -0.4 is 4.74 Å². The van der Waals surface area contributed by atoms with Crippen molar-refractivity contribution in [3.63, 3.8) is 0 Å². The first-order chi connectivity index (χ1) is 16.7. The lowest BCUT2D eigenvalue weighted by Gasteiger charge is -2.31. The Balaban J connectivity index is 1.30. The smallest absolute Gasteiger partial charge is 0.245 e. The van der Waals surface area contributed by atoms with Gasteiger partial charge in [0.2, 0.25) is 20.0 Å². The van der Waals surface area contributed by atoms with E-state index >= 15 is 0 Å². The van der Waals surface area contributed by atoms with Crippen molar-refractivity contribution in [3.05, 3.63) is 53.3 Å². The molecular formula is C24H32ClN3O5S2. The average molecular weight is 542 g/mol. The molecule has 1 unspecified atom stereocenters. The lowest BCUT2D eigenvalue weighted by molar-refractivity contribution is 0.135. The quantitative estimate of drug-likeness (QED) is 0.478. The Bertz CT molecular complexity index is 1200. The Hall–Kier alpha value is -1.72. The minimum atomic E-state index is -3.74. The molecule has 11 heteroatoms. The maximum atomic E-state index is 13.4. The summed E-state index contributed by atoms with van der Waals surface area (Å²) < 4.78 is 61.6. The van der Waals surface area contributed by atoms with E-state index < -0.39 is 20.0 Å². The minimum Gasteiger partial charge on any atom is -0.490 e. The van der Waals surface area contributed by atoms with Crippen molar-refractivity contribution in [2.75, 3.05) is 25.4 Å². The molecule has 0 aliphatic carbocycles. The van der Waals surface area contributed by atoms with Gasteiger partial charge in [-0.3, -0.25) is 4.98 Å². The number of hydrogen-bond donors (Lipinski definition) is 0. The van der Waals surface area contributed by atoms with E-state index in [-0.39, 0.29) is 27.8 Å². The Morgan fingerprint density at radius 2 is 1.74 bits per heavy atom. The number of pyridine rings is 1.